The van der Waals surface area contributed by atoms with Gasteiger partial charge in [-0.05, 0) is 19.9 Å². The normalized spacial score (nSPS) is 11.5. The summed E-state index contributed by atoms with van der Waals surface area (Å²) in [5.74, 6) is 1.72. The van der Waals surface area contributed by atoms with Gasteiger partial charge in [0.1, 0.15) is 5.75 Å². The molecule has 0 spiro atoms. The molecule has 130 valence electrons. The van der Waals surface area contributed by atoms with E-state index in [1.54, 1.807) is 14.2 Å². The van der Waals surface area contributed by atoms with Gasteiger partial charge in [-0.25, -0.2) is 0 Å². The predicted molar refractivity (Wildman–Crippen MR) is 97.3 cm³/mol. The maximum absolute atomic E-state index is 5.43. The number of benzene rings is 1. The molecule has 1 heterocycles. The van der Waals surface area contributed by atoms with E-state index in [1.165, 1.54) is 11.3 Å². The van der Waals surface area contributed by atoms with Crippen molar-refractivity contribution >= 4 is 5.96 Å². The van der Waals surface area contributed by atoms with Gasteiger partial charge in [-0.2, -0.15) is 5.10 Å². The molecular formula is C18H27N5O. The van der Waals surface area contributed by atoms with E-state index in [2.05, 4.69) is 33.3 Å². The smallest absolute Gasteiger partial charge is 0.193 e. The molecule has 0 aliphatic heterocycles. The summed E-state index contributed by atoms with van der Waals surface area (Å²) in [7, 11) is 7.48. The molecule has 1 aromatic carbocycles. The van der Waals surface area contributed by atoms with E-state index in [-0.39, 0.29) is 0 Å². The topological polar surface area (TPSA) is 54.7 Å². The van der Waals surface area contributed by atoms with Crippen LogP contribution in [0.25, 0.3) is 0 Å². The second kappa shape index (κ2) is 7.86. The Morgan fingerprint density at radius 3 is 2.62 bits per heavy atom. The highest BCUT2D eigenvalue weighted by Gasteiger charge is 2.13. The van der Waals surface area contributed by atoms with Crippen molar-refractivity contribution < 1.29 is 4.74 Å². The molecule has 24 heavy (non-hydrogen) atoms. The molecular weight excluding hydrogens is 302 g/mol. The molecule has 0 bridgehead atoms. The van der Waals surface area contributed by atoms with Gasteiger partial charge >= 0.3 is 0 Å². The van der Waals surface area contributed by atoms with Gasteiger partial charge in [-0.1, -0.05) is 18.2 Å². The Hall–Kier alpha value is -2.50. The maximum atomic E-state index is 5.43. The van der Waals surface area contributed by atoms with Gasteiger partial charge in [0, 0.05) is 51.1 Å². The van der Waals surface area contributed by atoms with Crippen LogP contribution in [0, 0.1) is 13.8 Å². The zero-order chi connectivity index (χ0) is 17.7. The lowest BCUT2D eigenvalue weighted by molar-refractivity contribution is 0.396. The summed E-state index contributed by atoms with van der Waals surface area (Å²) in [5, 5.41) is 7.88. The molecule has 6 heteroatoms. The standard InChI is InChI=1S/C18H27N5O/c1-13-16(14(2)23(5)21-13)11-20-18(19-3)22(4)12-15-9-7-8-10-17(15)24-6/h7-10H,11-12H2,1-6H3,(H,19,20). The number of rotatable bonds is 5. The van der Waals surface area contributed by atoms with Crippen molar-refractivity contribution in [2.45, 2.75) is 26.9 Å². The number of nitrogens with one attached hydrogen (secondary N) is 1. The minimum absolute atomic E-state index is 0.703. The fraction of sp³-hybridized carbons (Fsp3) is 0.444. The first kappa shape index (κ1) is 17.8. The third-order valence-electron chi connectivity index (χ3n) is 4.26. The molecule has 2 aromatic rings. The molecule has 0 saturated carbocycles. The Bertz CT molecular complexity index is 720. The fourth-order valence-corrected chi connectivity index (χ4v) is 2.79. The second-order valence-corrected chi connectivity index (χ2v) is 5.84. The quantitative estimate of drug-likeness (QED) is 0.675. The van der Waals surface area contributed by atoms with Crippen molar-refractivity contribution in [3.63, 3.8) is 0 Å². The number of nitrogens with zero attached hydrogens (tertiary/aromatic N) is 4. The van der Waals surface area contributed by atoms with Gasteiger partial charge in [0.15, 0.2) is 5.96 Å². The van der Waals surface area contributed by atoms with Crippen LogP contribution in [0.5, 0.6) is 5.75 Å². The Kier molecular flexibility index (Phi) is 5.84. The summed E-state index contributed by atoms with van der Waals surface area (Å²) >= 11 is 0. The summed E-state index contributed by atoms with van der Waals surface area (Å²) in [4.78, 5) is 6.47. The highest BCUT2D eigenvalue weighted by atomic mass is 16.5. The summed E-state index contributed by atoms with van der Waals surface area (Å²) in [6.45, 7) is 5.53. The second-order valence-electron chi connectivity index (χ2n) is 5.84. The van der Waals surface area contributed by atoms with E-state index < -0.39 is 0 Å². The van der Waals surface area contributed by atoms with E-state index in [4.69, 9.17) is 4.74 Å². The molecule has 0 amide bonds. The van der Waals surface area contributed by atoms with Gasteiger partial charge in [-0.15, -0.1) is 0 Å². The van der Waals surface area contributed by atoms with Gasteiger partial charge in [0.2, 0.25) is 0 Å². The zero-order valence-electron chi connectivity index (χ0n) is 15.4. The van der Waals surface area contributed by atoms with Crippen molar-refractivity contribution in [3.05, 3.63) is 46.8 Å². The largest absolute Gasteiger partial charge is 0.496 e. The third kappa shape index (κ3) is 3.88. The van der Waals surface area contributed by atoms with E-state index in [0.29, 0.717) is 13.1 Å². The highest BCUT2D eigenvalue weighted by Crippen LogP contribution is 2.19. The van der Waals surface area contributed by atoms with E-state index in [1.807, 2.05) is 43.9 Å². The predicted octanol–water partition coefficient (Wildman–Crippen LogP) is 2.25. The lowest BCUT2D eigenvalue weighted by atomic mass is 10.2. The third-order valence-corrected chi connectivity index (χ3v) is 4.26. The minimum atomic E-state index is 0.703. The fourth-order valence-electron chi connectivity index (χ4n) is 2.79. The average molecular weight is 329 g/mol. The van der Waals surface area contributed by atoms with Crippen LogP contribution >= 0.6 is 0 Å². The summed E-state index contributed by atoms with van der Waals surface area (Å²) in [6.07, 6.45) is 0. The number of hydrogen-bond acceptors (Lipinski definition) is 3. The van der Waals surface area contributed by atoms with Crippen LogP contribution in [-0.2, 0) is 20.1 Å². The molecule has 0 aliphatic carbocycles. The molecule has 0 unspecified atom stereocenters. The van der Waals surface area contributed by atoms with Gasteiger partial charge in [0.05, 0.1) is 12.8 Å². The Morgan fingerprint density at radius 2 is 2.04 bits per heavy atom. The number of aryl methyl sites for hydroxylation is 2. The van der Waals surface area contributed by atoms with Gasteiger partial charge in [-0.3, -0.25) is 9.67 Å². The molecule has 0 fully saturated rings. The van der Waals surface area contributed by atoms with Crippen LogP contribution in [-0.4, -0.2) is 41.8 Å². The monoisotopic (exact) mass is 329 g/mol. The number of aliphatic imine (C=N–C) groups is 1. The van der Waals surface area contributed by atoms with E-state index >= 15 is 0 Å². The molecule has 6 nitrogen and oxygen atoms in total. The van der Waals surface area contributed by atoms with Gasteiger partial charge < -0.3 is 15.0 Å². The molecule has 0 aliphatic rings. The molecule has 0 saturated heterocycles. The first-order valence-corrected chi connectivity index (χ1v) is 8.00. The van der Waals surface area contributed by atoms with Crippen LogP contribution in [0.15, 0.2) is 29.3 Å². The molecule has 0 radical (unpaired) electrons. The number of methoxy groups -OCH3 is 1. The van der Waals surface area contributed by atoms with E-state index in [0.717, 1.165) is 23.0 Å². The Morgan fingerprint density at radius 1 is 1.33 bits per heavy atom. The van der Waals surface area contributed by atoms with Crippen LogP contribution < -0.4 is 10.1 Å². The Labute approximate surface area is 144 Å². The number of ether oxygens (including phenoxy) is 1. The van der Waals surface area contributed by atoms with Crippen LogP contribution in [0.4, 0.5) is 0 Å². The number of guanidine groups is 1. The lowest BCUT2D eigenvalue weighted by Crippen LogP contribution is -2.38. The average Bonchev–Trinajstić information content (AvgIpc) is 2.81. The summed E-state index contributed by atoms with van der Waals surface area (Å²) in [6, 6.07) is 8.04. The first-order chi connectivity index (χ1) is 11.5. The number of para-hydroxylation sites is 1. The van der Waals surface area contributed by atoms with Crippen molar-refractivity contribution in [3.8, 4) is 5.75 Å². The Balaban J connectivity index is 2.05. The van der Waals surface area contributed by atoms with Crippen LogP contribution in [0.2, 0.25) is 0 Å². The van der Waals surface area contributed by atoms with Gasteiger partial charge in [0.25, 0.3) is 0 Å². The summed E-state index contributed by atoms with van der Waals surface area (Å²) < 4.78 is 7.34. The maximum Gasteiger partial charge on any atom is 0.193 e. The molecule has 1 aromatic heterocycles. The molecule has 2 rings (SSSR count). The van der Waals surface area contributed by atoms with Crippen molar-refractivity contribution in [2.24, 2.45) is 12.0 Å². The van der Waals surface area contributed by atoms with Crippen LogP contribution in [0.1, 0.15) is 22.5 Å². The molecule has 0 atom stereocenters. The van der Waals surface area contributed by atoms with Crippen LogP contribution in [0.3, 0.4) is 0 Å². The number of hydrogen-bond donors (Lipinski definition) is 1. The highest BCUT2D eigenvalue weighted by molar-refractivity contribution is 5.79. The van der Waals surface area contributed by atoms with Crippen molar-refractivity contribution in [2.75, 3.05) is 21.2 Å². The van der Waals surface area contributed by atoms with Crippen molar-refractivity contribution in [1.29, 1.82) is 0 Å². The minimum Gasteiger partial charge on any atom is -0.496 e. The summed E-state index contributed by atoms with van der Waals surface area (Å²) in [5.41, 5.74) is 4.55. The van der Waals surface area contributed by atoms with E-state index in [9.17, 15) is 0 Å². The lowest BCUT2D eigenvalue weighted by Gasteiger charge is -2.23. The number of aromatic nitrogens is 2. The zero-order valence-corrected chi connectivity index (χ0v) is 15.4. The van der Waals surface area contributed by atoms with Crippen molar-refractivity contribution in [1.82, 2.24) is 20.0 Å². The molecule has 1 N–H and O–H groups in total. The first-order valence-electron chi connectivity index (χ1n) is 8.00. The SMILES string of the molecule is CN=C(NCc1c(C)nn(C)c1C)N(C)Cc1ccccc1OC.